The van der Waals surface area contributed by atoms with E-state index in [-0.39, 0.29) is 12.8 Å². The Kier molecular flexibility index (Phi) is 12.7. The first-order valence-electron chi connectivity index (χ1n) is 10.7. The van der Waals surface area contributed by atoms with E-state index in [1.54, 1.807) is 27.7 Å². The molecular formula is C20H36N6O7. The molecule has 13 nitrogen and oxygen atoms in total. The minimum atomic E-state index is -1.46. The van der Waals surface area contributed by atoms with E-state index in [2.05, 4.69) is 16.0 Å². The molecule has 0 fully saturated rings. The summed E-state index contributed by atoms with van der Waals surface area (Å²) in [4.78, 5) is 71.7. The summed E-state index contributed by atoms with van der Waals surface area (Å²) in [7, 11) is 0. The van der Waals surface area contributed by atoms with Gasteiger partial charge in [-0.3, -0.25) is 24.0 Å². The van der Waals surface area contributed by atoms with E-state index in [1.165, 1.54) is 0 Å². The molecule has 0 spiro atoms. The van der Waals surface area contributed by atoms with Gasteiger partial charge in [0.2, 0.25) is 29.5 Å². The van der Waals surface area contributed by atoms with Gasteiger partial charge in [0, 0.05) is 6.42 Å². The molecule has 0 rings (SSSR count). The van der Waals surface area contributed by atoms with Crippen molar-refractivity contribution in [2.45, 2.75) is 77.5 Å². The highest BCUT2D eigenvalue weighted by molar-refractivity contribution is 5.96. The van der Waals surface area contributed by atoms with Gasteiger partial charge in [0.25, 0.3) is 0 Å². The third-order valence-electron chi connectivity index (χ3n) is 5.10. The second-order valence-electron chi connectivity index (χ2n) is 8.28. The molecule has 5 amide bonds. The number of carboxylic acids is 1. The first kappa shape index (κ1) is 29.8. The standard InChI is InChI=1S/C20H36N6O7/c1-5-10(4)16(26-17(29)11(21)6-7-13(22)27)19(31)24-12(8-14(23)28)18(30)25-15(9(2)3)20(32)33/h9-12,15-16H,5-8,21H2,1-4H3,(H2,22,27)(H2,23,28)(H,24,31)(H,25,30)(H,26,29)(H,32,33). The molecule has 0 aromatic heterocycles. The summed E-state index contributed by atoms with van der Waals surface area (Å²) in [5.41, 5.74) is 16.0. The number of hydrogen-bond donors (Lipinski definition) is 7. The SMILES string of the molecule is CCC(C)C(NC(=O)C(N)CCC(N)=O)C(=O)NC(CC(N)=O)C(=O)NC(C(=O)O)C(C)C. The average Bonchev–Trinajstić information content (AvgIpc) is 2.71. The third-order valence-corrected chi connectivity index (χ3v) is 5.10. The Labute approximate surface area is 192 Å². The van der Waals surface area contributed by atoms with Crippen molar-refractivity contribution in [3.05, 3.63) is 0 Å². The van der Waals surface area contributed by atoms with Gasteiger partial charge in [-0.2, -0.15) is 0 Å². The molecular weight excluding hydrogens is 436 g/mol. The molecule has 0 aliphatic heterocycles. The Balaban J connectivity index is 5.54. The Morgan fingerprint density at radius 3 is 1.79 bits per heavy atom. The van der Waals surface area contributed by atoms with E-state index in [9.17, 15) is 33.9 Å². The third kappa shape index (κ3) is 10.8. The molecule has 13 heteroatoms. The number of nitrogens with two attached hydrogens (primary N) is 3. The topological polar surface area (TPSA) is 237 Å². The van der Waals surface area contributed by atoms with Crippen molar-refractivity contribution in [1.82, 2.24) is 16.0 Å². The molecule has 0 saturated heterocycles. The van der Waals surface area contributed by atoms with Crippen molar-refractivity contribution in [1.29, 1.82) is 0 Å². The predicted molar refractivity (Wildman–Crippen MR) is 118 cm³/mol. The number of primary amides is 2. The van der Waals surface area contributed by atoms with Crippen molar-refractivity contribution in [3.8, 4) is 0 Å². The second-order valence-corrected chi connectivity index (χ2v) is 8.28. The number of nitrogens with one attached hydrogen (secondary N) is 3. The monoisotopic (exact) mass is 472 g/mol. The van der Waals surface area contributed by atoms with Gasteiger partial charge in [0.15, 0.2) is 0 Å². The van der Waals surface area contributed by atoms with Crippen LogP contribution in [0.25, 0.3) is 0 Å². The van der Waals surface area contributed by atoms with E-state index in [0.29, 0.717) is 6.42 Å². The van der Waals surface area contributed by atoms with Gasteiger partial charge in [0.1, 0.15) is 18.1 Å². The largest absolute Gasteiger partial charge is 0.480 e. The fourth-order valence-corrected chi connectivity index (χ4v) is 2.83. The van der Waals surface area contributed by atoms with Crippen molar-refractivity contribution in [2.75, 3.05) is 0 Å². The van der Waals surface area contributed by atoms with Crippen LogP contribution in [0.2, 0.25) is 0 Å². The molecule has 0 bridgehead atoms. The number of aliphatic carboxylic acids is 1. The molecule has 0 radical (unpaired) electrons. The summed E-state index contributed by atoms with van der Waals surface area (Å²) in [6.45, 7) is 6.62. The number of hydrogen-bond acceptors (Lipinski definition) is 7. The smallest absolute Gasteiger partial charge is 0.326 e. The van der Waals surface area contributed by atoms with E-state index >= 15 is 0 Å². The Morgan fingerprint density at radius 1 is 0.818 bits per heavy atom. The fourth-order valence-electron chi connectivity index (χ4n) is 2.83. The molecule has 0 aliphatic carbocycles. The highest BCUT2D eigenvalue weighted by Gasteiger charge is 2.33. The molecule has 0 aliphatic rings. The maximum absolute atomic E-state index is 12.9. The normalized spacial score (nSPS) is 15.5. The molecule has 0 saturated carbocycles. The summed E-state index contributed by atoms with van der Waals surface area (Å²) in [6, 6.07) is -4.92. The number of carbonyl (C=O) groups is 6. The first-order valence-corrected chi connectivity index (χ1v) is 10.7. The Morgan fingerprint density at radius 2 is 1.36 bits per heavy atom. The maximum Gasteiger partial charge on any atom is 0.326 e. The number of carboxylic acid groups (broad SMARTS) is 1. The number of carbonyl (C=O) groups excluding carboxylic acids is 5. The zero-order valence-corrected chi connectivity index (χ0v) is 19.4. The minimum absolute atomic E-state index is 0.0193. The maximum atomic E-state index is 12.9. The Bertz CT molecular complexity index is 742. The molecule has 10 N–H and O–H groups in total. The second kappa shape index (κ2) is 14.0. The van der Waals surface area contributed by atoms with Crippen LogP contribution in [0.3, 0.4) is 0 Å². The molecule has 33 heavy (non-hydrogen) atoms. The van der Waals surface area contributed by atoms with Gasteiger partial charge in [-0.25, -0.2) is 4.79 Å². The van der Waals surface area contributed by atoms with Crippen molar-refractivity contribution < 1.29 is 33.9 Å². The highest BCUT2D eigenvalue weighted by atomic mass is 16.4. The number of amides is 5. The van der Waals surface area contributed by atoms with Crippen LogP contribution >= 0.6 is 0 Å². The highest BCUT2D eigenvalue weighted by Crippen LogP contribution is 2.10. The van der Waals surface area contributed by atoms with Gasteiger partial charge in [-0.15, -0.1) is 0 Å². The average molecular weight is 473 g/mol. The molecule has 0 aromatic carbocycles. The molecule has 0 heterocycles. The van der Waals surface area contributed by atoms with Gasteiger partial charge in [0.05, 0.1) is 12.5 Å². The molecule has 5 unspecified atom stereocenters. The van der Waals surface area contributed by atoms with Crippen LogP contribution in [0.5, 0.6) is 0 Å². The zero-order valence-electron chi connectivity index (χ0n) is 19.4. The lowest BCUT2D eigenvalue weighted by Gasteiger charge is -2.28. The van der Waals surface area contributed by atoms with E-state index < -0.39 is 77.9 Å². The zero-order chi connectivity index (χ0) is 25.9. The van der Waals surface area contributed by atoms with Crippen LogP contribution in [-0.4, -0.2) is 64.8 Å². The fraction of sp³-hybridized carbons (Fsp3) is 0.700. The quantitative estimate of drug-likeness (QED) is 0.136. The van der Waals surface area contributed by atoms with E-state index in [4.69, 9.17) is 17.2 Å². The lowest BCUT2D eigenvalue weighted by Crippen LogP contribution is -2.59. The van der Waals surface area contributed by atoms with Gasteiger partial charge in [-0.05, 0) is 18.3 Å². The van der Waals surface area contributed by atoms with Gasteiger partial charge < -0.3 is 38.3 Å². The summed E-state index contributed by atoms with van der Waals surface area (Å²) in [6.07, 6.45) is -0.248. The summed E-state index contributed by atoms with van der Waals surface area (Å²) >= 11 is 0. The van der Waals surface area contributed by atoms with Gasteiger partial charge in [-0.1, -0.05) is 34.1 Å². The minimum Gasteiger partial charge on any atom is -0.480 e. The summed E-state index contributed by atoms with van der Waals surface area (Å²) in [5, 5.41) is 16.4. The van der Waals surface area contributed by atoms with Crippen LogP contribution in [0, 0.1) is 11.8 Å². The van der Waals surface area contributed by atoms with Crippen molar-refractivity contribution >= 4 is 35.5 Å². The van der Waals surface area contributed by atoms with Gasteiger partial charge >= 0.3 is 5.97 Å². The Hall–Kier alpha value is -3.22. The van der Waals surface area contributed by atoms with E-state index in [0.717, 1.165) is 0 Å². The lowest BCUT2D eigenvalue weighted by molar-refractivity contribution is -0.143. The molecule has 0 aromatic rings. The molecule has 188 valence electrons. The van der Waals surface area contributed by atoms with Crippen molar-refractivity contribution in [3.63, 3.8) is 0 Å². The molecule has 5 atom stereocenters. The van der Waals surface area contributed by atoms with Crippen LogP contribution in [0.4, 0.5) is 0 Å². The lowest BCUT2D eigenvalue weighted by atomic mass is 9.96. The van der Waals surface area contributed by atoms with Crippen LogP contribution in [-0.2, 0) is 28.8 Å². The van der Waals surface area contributed by atoms with Crippen LogP contribution < -0.4 is 33.2 Å². The predicted octanol–water partition coefficient (Wildman–Crippen LogP) is -2.30. The van der Waals surface area contributed by atoms with E-state index in [1.807, 2.05) is 0 Å². The summed E-state index contributed by atoms with van der Waals surface area (Å²) in [5.74, 6) is -6.05. The summed E-state index contributed by atoms with van der Waals surface area (Å²) < 4.78 is 0. The van der Waals surface area contributed by atoms with Crippen molar-refractivity contribution in [2.24, 2.45) is 29.0 Å². The van der Waals surface area contributed by atoms with Crippen LogP contribution in [0.1, 0.15) is 53.4 Å². The number of rotatable bonds is 15. The van der Waals surface area contributed by atoms with Crippen LogP contribution in [0.15, 0.2) is 0 Å². The first-order chi connectivity index (χ1) is 15.2.